The second-order valence-corrected chi connectivity index (χ2v) is 3.64. The molecule has 16 heavy (non-hydrogen) atoms. The van der Waals surface area contributed by atoms with Gasteiger partial charge in [-0.3, -0.25) is 10.1 Å². The van der Waals surface area contributed by atoms with Gasteiger partial charge in [0.2, 0.25) is 0 Å². The summed E-state index contributed by atoms with van der Waals surface area (Å²) >= 11 is 0. The SMILES string of the molecule is O=[N+]([O-])c1ccccc1OC1CCCCO1. The quantitative estimate of drug-likeness (QED) is 0.583. The van der Waals surface area contributed by atoms with Crippen molar-refractivity contribution in [2.24, 2.45) is 0 Å². The molecule has 0 aromatic heterocycles. The minimum atomic E-state index is -0.446. The van der Waals surface area contributed by atoms with Crippen LogP contribution in [0, 0.1) is 10.1 Å². The first kappa shape index (κ1) is 10.9. The van der Waals surface area contributed by atoms with Gasteiger partial charge in [0, 0.05) is 12.5 Å². The lowest BCUT2D eigenvalue weighted by Crippen LogP contribution is -2.25. The molecule has 1 aliphatic rings. The van der Waals surface area contributed by atoms with E-state index in [1.807, 2.05) is 0 Å². The highest BCUT2D eigenvalue weighted by molar-refractivity contribution is 5.45. The van der Waals surface area contributed by atoms with Gasteiger partial charge in [-0.25, -0.2) is 0 Å². The van der Waals surface area contributed by atoms with Gasteiger partial charge in [-0.15, -0.1) is 0 Å². The Morgan fingerprint density at radius 3 is 2.88 bits per heavy atom. The van der Waals surface area contributed by atoms with Gasteiger partial charge in [0.1, 0.15) is 0 Å². The second kappa shape index (κ2) is 4.94. The Morgan fingerprint density at radius 2 is 2.19 bits per heavy atom. The highest BCUT2D eigenvalue weighted by Gasteiger charge is 2.20. The molecule has 0 aliphatic carbocycles. The first-order valence-corrected chi connectivity index (χ1v) is 5.29. The Morgan fingerprint density at radius 1 is 1.38 bits per heavy atom. The fourth-order valence-electron chi connectivity index (χ4n) is 1.65. The van der Waals surface area contributed by atoms with Crippen LogP contribution in [-0.2, 0) is 4.74 Å². The summed E-state index contributed by atoms with van der Waals surface area (Å²) in [6.07, 6.45) is 2.49. The summed E-state index contributed by atoms with van der Waals surface area (Å²) < 4.78 is 10.9. The summed E-state index contributed by atoms with van der Waals surface area (Å²) in [5, 5.41) is 10.7. The van der Waals surface area contributed by atoms with Crippen LogP contribution < -0.4 is 4.74 Å². The summed E-state index contributed by atoms with van der Waals surface area (Å²) in [6.45, 7) is 0.658. The minimum absolute atomic E-state index is 0.0170. The van der Waals surface area contributed by atoms with Crippen molar-refractivity contribution >= 4 is 5.69 Å². The van der Waals surface area contributed by atoms with Gasteiger partial charge >= 0.3 is 5.69 Å². The van der Waals surface area contributed by atoms with E-state index in [1.54, 1.807) is 18.2 Å². The van der Waals surface area contributed by atoms with Gasteiger partial charge < -0.3 is 9.47 Å². The maximum Gasteiger partial charge on any atom is 0.311 e. The molecule has 1 atom stereocenters. The molecular weight excluding hydrogens is 210 g/mol. The number of hydrogen-bond donors (Lipinski definition) is 0. The van der Waals surface area contributed by atoms with Crippen molar-refractivity contribution in [3.63, 3.8) is 0 Å². The Bertz CT molecular complexity index is 374. The predicted molar refractivity (Wildman–Crippen MR) is 57.3 cm³/mol. The number of nitrogens with zero attached hydrogens (tertiary/aromatic N) is 1. The van der Waals surface area contributed by atoms with Crippen molar-refractivity contribution < 1.29 is 14.4 Å². The van der Waals surface area contributed by atoms with Crippen LogP contribution in [0.15, 0.2) is 24.3 Å². The number of nitro benzene ring substituents is 1. The number of ether oxygens (including phenoxy) is 2. The van der Waals surface area contributed by atoms with Gasteiger partial charge in [-0.1, -0.05) is 12.1 Å². The maximum absolute atomic E-state index is 10.7. The highest BCUT2D eigenvalue weighted by atomic mass is 16.7. The van der Waals surface area contributed by atoms with E-state index in [1.165, 1.54) is 6.07 Å². The van der Waals surface area contributed by atoms with Crippen LogP contribution in [0.25, 0.3) is 0 Å². The third-order valence-electron chi connectivity index (χ3n) is 2.46. The predicted octanol–water partition coefficient (Wildman–Crippen LogP) is 2.50. The zero-order valence-electron chi connectivity index (χ0n) is 8.80. The molecule has 0 bridgehead atoms. The van der Waals surface area contributed by atoms with E-state index in [9.17, 15) is 10.1 Å². The van der Waals surface area contributed by atoms with Crippen LogP contribution in [0.2, 0.25) is 0 Å². The van der Waals surface area contributed by atoms with E-state index in [2.05, 4.69) is 0 Å². The van der Waals surface area contributed by atoms with Crippen LogP contribution in [-0.4, -0.2) is 17.8 Å². The molecule has 0 spiro atoms. The summed E-state index contributed by atoms with van der Waals surface area (Å²) in [6, 6.07) is 6.35. The van der Waals surface area contributed by atoms with Gasteiger partial charge in [0.05, 0.1) is 11.5 Å². The molecule has 0 radical (unpaired) electrons. The molecule has 86 valence electrons. The Kier molecular flexibility index (Phi) is 3.36. The third-order valence-corrected chi connectivity index (χ3v) is 2.46. The van der Waals surface area contributed by atoms with E-state index in [0.717, 1.165) is 19.3 Å². The van der Waals surface area contributed by atoms with Gasteiger partial charge in [-0.05, 0) is 18.9 Å². The molecule has 1 heterocycles. The first-order valence-electron chi connectivity index (χ1n) is 5.29. The average Bonchev–Trinajstić information content (AvgIpc) is 2.31. The van der Waals surface area contributed by atoms with Crippen molar-refractivity contribution in [1.82, 2.24) is 0 Å². The molecule has 1 unspecified atom stereocenters. The molecule has 0 amide bonds. The lowest BCUT2D eigenvalue weighted by Gasteiger charge is -2.23. The number of para-hydroxylation sites is 2. The topological polar surface area (TPSA) is 61.6 Å². The fraction of sp³-hybridized carbons (Fsp3) is 0.455. The minimum Gasteiger partial charge on any atom is -0.458 e. The number of benzene rings is 1. The van der Waals surface area contributed by atoms with Crippen LogP contribution in [0.4, 0.5) is 5.69 Å². The monoisotopic (exact) mass is 223 g/mol. The van der Waals surface area contributed by atoms with Gasteiger partial charge in [-0.2, -0.15) is 0 Å². The van der Waals surface area contributed by atoms with Crippen LogP contribution >= 0.6 is 0 Å². The fourth-order valence-corrected chi connectivity index (χ4v) is 1.65. The second-order valence-electron chi connectivity index (χ2n) is 3.64. The summed E-state index contributed by atoms with van der Waals surface area (Å²) in [7, 11) is 0. The third kappa shape index (κ3) is 2.49. The van der Waals surface area contributed by atoms with E-state index < -0.39 is 4.92 Å². The molecule has 1 aromatic rings. The molecule has 0 saturated carbocycles. The lowest BCUT2D eigenvalue weighted by molar-refractivity contribution is -0.386. The molecule has 5 heteroatoms. The highest BCUT2D eigenvalue weighted by Crippen LogP contribution is 2.28. The van der Waals surface area contributed by atoms with Crippen molar-refractivity contribution in [2.45, 2.75) is 25.6 Å². The van der Waals surface area contributed by atoms with E-state index in [0.29, 0.717) is 6.61 Å². The Balaban J connectivity index is 2.10. The Labute approximate surface area is 93.1 Å². The maximum atomic E-state index is 10.7. The van der Waals surface area contributed by atoms with Crippen LogP contribution in [0.5, 0.6) is 5.75 Å². The van der Waals surface area contributed by atoms with Crippen LogP contribution in [0.1, 0.15) is 19.3 Å². The summed E-state index contributed by atoms with van der Waals surface area (Å²) in [5.74, 6) is 0.277. The molecule has 0 N–H and O–H groups in total. The van der Waals surface area contributed by atoms with E-state index in [-0.39, 0.29) is 17.7 Å². The molecule has 1 aliphatic heterocycles. The molecule has 1 aromatic carbocycles. The van der Waals surface area contributed by atoms with Crippen molar-refractivity contribution in [1.29, 1.82) is 0 Å². The van der Waals surface area contributed by atoms with E-state index in [4.69, 9.17) is 9.47 Å². The standard InChI is InChI=1S/C11H13NO4/c13-12(14)9-5-1-2-6-10(9)16-11-7-3-4-8-15-11/h1-2,5-6,11H,3-4,7-8H2. The van der Waals surface area contributed by atoms with Crippen LogP contribution in [0.3, 0.4) is 0 Å². The smallest absolute Gasteiger partial charge is 0.311 e. The number of hydrogen-bond acceptors (Lipinski definition) is 4. The zero-order chi connectivity index (χ0) is 11.4. The molecule has 1 fully saturated rings. The zero-order valence-corrected chi connectivity index (χ0v) is 8.80. The first-order chi connectivity index (χ1) is 7.77. The van der Waals surface area contributed by atoms with Gasteiger partial charge in [0.15, 0.2) is 12.0 Å². The molecule has 1 saturated heterocycles. The largest absolute Gasteiger partial charge is 0.458 e. The normalized spacial score (nSPS) is 20.4. The van der Waals surface area contributed by atoms with Crippen molar-refractivity contribution in [3.05, 3.63) is 34.4 Å². The number of nitro groups is 1. The average molecular weight is 223 g/mol. The van der Waals surface area contributed by atoms with Crippen molar-refractivity contribution in [2.75, 3.05) is 6.61 Å². The molecule has 5 nitrogen and oxygen atoms in total. The molecule has 2 rings (SSSR count). The lowest BCUT2D eigenvalue weighted by atomic mass is 10.2. The number of rotatable bonds is 3. The summed E-state index contributed by atoms with van der Waals surface area (Å²) in [4.78, 5) is 10.3. The summed E-state index contributed by atoms with van der Waals surface area (Å²) in [5.41, 5.74) is -0.0170. The van der Waals surface area contributed by atoms with Gasteiger partial charge in [0.25, 0.3) is 0 Å². The van der Waals surface area contributed by atoms with Crippen molar-refractivity contribution in [3.8, 4) is 5.75 Å². The molecular formula is C11H13NO4. The Hall–Kier alpha value is -1.62. The van der Waals surface area contributed by atoms with E-state index >= 15 is 0 Å².